The van der Waals surface area contributed by atoms with Crippen LogP contribution in [0, 0.1) is 0 Å². The van der Waals surface area contributed by atoms with E-state index in [1.54, 1.807) is 23.9 Å². The fourth-order valence-electron chi connectivity index (χ4n) is 1.61. The van der Waals surface area contributed by atoms with E-state index < -0.39 is 0 Å². The molecule has 0 spiro atoms. The Morgan fingerprint density at radius 2 is 2.24 bits per heavy atom. The number of carbonyl (C=O) groups excluding carboxylic acids is 1. The molecule has 17 heavy (non-hydrogen) atoms. The van der Waals surface area contributed by atoms with Crippen LogP contribution in [0.2, 0.25) is 0 Å². The SMILES string of the molecule is COCCn1cc2ccc(C(=O)OC)cc2n1. The van der Waals surface area contributed by atoms with E-state index in [2.05, 4.69) is 9.84 Å². The Morgan fingerprint density at radius 3 is 2.94 bits per heavy atom. The monoisotopic (exact) mass is 234 g/mol. The van der Waals surface area contributed by atoms with Crippen LogP contribution in [-0.2, 0) is 16.0 Å². The van der Waals surface area contributed by atoms with Gasteiger partial charge in [-0.1, -0.05) is 6.07 Å². The second-order valence-corrected chi connectivity index (χ2v) is 3.65. The maximum absolute atomic E-state index is 11.4. The smallest absolute Gasteiger partial charge is 0.337 e. The lowest BCUT2D eigenvalue weighted by Gasteiger charge is -1.98. The summed E-state index contributed by atoms with van der Waals surface area (Å²) in [5.41, 5.74) is 1.29. The van der Waals surface area contributed by atoms with Crippen molar-refractivity contribution in [2.24, 2.45) is 0 Å². The predicted octanol–water partition coefficient (Wildman–Crippen LogP) is 1.47. The molecule has 0 saturated carbocycles. The number of benzene rings is 1. The Bertz CT molecular complexity index is 534. The summed E-state index contributed by atoms with van der Waals surface area (Å²) in [6.07, 6.45) is 1.93. The third-order valence-electron chi connectivity index (χ3n) is 2.50. The Balaban J connectivity index is 2.31. The van der Waals surface area contributed by atoms with E-state index in [9.17, 15) is 4.79 Å². The number of fused-ring (bicyclic) bond motifs is 1. The van der Waals surface area contributed by atoms with Crippen LogP contribution in [0.4, 0.5) is 0 Å². The molecule has 5 nitrogen and oxygen atoms in total. The fraction of sp³-hybridized carbons (Fsp3) is 0.333. The second-order valence-electron chi connectivity index (χ2n) is 3.65. The van der Waals surface area contributed by atoms with Crippen molar-refractivity contribution in [1.82, 2.24) is 9.78 Å². The first kappa shape index (κ1) is 11.6. The van der Waals surface area contributed by atoms with Gasteiger partial charge in [-0.15, -0.1) is 0 Å². The van der Waals surface area contributed by atoms with Gasteiger partial charge in [0.15, 0.2) is 0 Å². The zero-order valence-electron chi connectivity index (χ0n) is 9.84. The summed E-state index contributed by atoms with van der Waals surface area (Å²) >= 11 is 0. The van der Waals surface area contributed by atoms with E-state index in [0.29, 0.717) is 18.7 Å². The minimum Gasteiger partial charge on any atom is -0.465 e. The van der Waals surface area contributed by atoms with Crippen molar-refractivity contribution < 1.29 is 14.3 Å². The number of esters is 1. The van der Waals surface area contributed by atoms with Gasteiger partial charge in [0, 0.05) is 18.7 Å². The Morgan fingerprint density at radius 1 is 1.41 bits per heavy atom. The van der Waals surface area contributed by atoms with Gasteiger partial charge in [0.05, 0.1) is 31.3 Å². The number of hydrogen-bond donors (Lipinski definition) is 0. The molecular weight excluding hydrogens is 220 g/mol. The molecule has 0 amide bonds. The van der Waals surface area contributed by atoms with Crippen LogP contribution in [0.25, 0.3) is 10.9 Å². The topological polar surface area (TPSA) is 53.4 Å². The largest absolute Gasteiger partial charge is 0.465 e. The number of nitrogens with zero attached hydrogens (tertiary/aromatic N) is 2. The molecule has 0 aliphatic rings. The second kappa shape index (κ2) is 4.97. The average Bonchev–Trinajstić information content (AvgIpc) is 2.76. The molecule has 0 aliphatic heterocycles. The lowest BCUT2D eigenvalue weighted by atomic mass is 10.2. The molecule has 0 atom stereocenters. The highest BCUT2D eigenvalue weighted by atomic mass is 16.5. The van der Waals surface area contributed by atoms with Crippen LogP contribution >= 0.6 is 0 Å². The maximum atomic E-state index is 11.4. The lowest BCUT2D eigenvalue weighted by Crippen LogP contribution is -2.04. The van der Waals surface area contributed by atoms with Crippen molar-refractivity contribution in [3.05, 3.63) is 30.0 Å². The molecule has 0 saturated heterocycles. The fourth-order valence-corrected chi connectivity index (χ4v) is 1.61. The van der Waals surface area contributed by atoms with E-state index in [0.717, 1.165) is 10.9 Å². The van der Waals surface area contributed by atoms with E-state index in [1.165, 1.54) is 7.11 Å². The quantitative estimate of drug-likeness (QED) is 0.752. The number of methoxy groups -OCH3 is 2. The van der Waals surface area contributed by atoms with E-state index in [-0.39, 0.29) is 5.97 Å². The highest BCUT2D eigenvalue weighted by molar-refractivity contribution is 5.94. The van der Waals surface area contributed by atoms with Gasteiger partial charge in [0.2, 0.25) is 0 Å². The molecule has 0 N–H and O–H groups in total. The van der Waals surface area contributed by atoms with Crippen LogP contribution in [0.15, 0.2) is 24.4 Å². The van der Waals surface area contributed by atoms with Gasteiger partial charge in [-0.3, -0.25) is 4.68 Å². The first-order valence-corrected chi connectivity index (χ1v) is 5.29. The van der Waals surface area contributed by atoms with Crippen LogP contribution in [-0.4, -0.2) is 36.6 Å². The van der Waals surface area contributed by atoms with Crippen molar-refractivity contribution in [2.45, 2.75) is 6.54 Å². The number of ether oxygens (including phenoxy) is 2. The van der Waals surface area contributed by atoms with Gasteiger partial charge in [-0.05, 0) is 12.1 Å². The number of carbonyl (C=O) groups is 1. The molecule has 2 aromatic rings. The maximum Gasteiger partial charge on any atom is 0.337 e. The van der Waals surface area contributed by atoms with Gasteiger partial charge in [-0.2, -0.15) is 5.10 Å². The van der Waals surface area contributed by atoms with Crippen LogP contribution < -0.4 is 0 Å². The standard InChI is InChI=1S/C12H14N2O3/c1-16-6-5-14-8-10-4-3-9(12(15)17-2)7-11(10)13-14/h3-4,7-8H,5-6H2,1-2H3. The molecule has 5 heteroatoms. The van der Waals surface area contributed by atoms with Gasteiger partial charge in [0.25, 0.3) is 0 Å². The van der Waals surface area contributed by atoms with Crippen molar-refractivity contribution >= 4 is 16.9 Å². The van der Waals surface area contributed by atoms with Gasteiger partial charge < -0.3 is 9.47 Å². The Labute approximate surface area is 98.9 Å². The highest BCUT2D eigenvalue weighted by Crippen LogP contribution is 2.15. The third kappa shape index (κ3) is 2.45. The summed E-state index contributed by atoms with van der Waals surface area (Å²) in [6, 6.07) is 5.32. The molecule has 0 bridgehead atoms. The van der Waals surface area contributed by atoms with Crippen molar-refractivity contribution in [2.75, 3.05) is 20.8 Å². The molecule has 1 aromatic heterocycles. The minimum atomic E-state index is -0.349. The third-order valence-corrected chi connectivity index (χ3v) is 2.50. The molecule has 1 aromatic carbocycles. The molecular formula is C12H14N2O3. The van der Waals surface area contributed by atoms with E-state index in [4.69, 9.17) is 4.74 Å². The van der Waals surface area contributed by atoms with Crippen LogP contribution in [0.3, 0.4) is 0 Å². The molecule has 2 rings (SSSR count). The Hall–Kier alpha value is -1.88. The van der Waals surface area contributed by atoms with Crippen molar-refractivity contribution in [1.29, 1.82) is 0 Å². The van der Waals surface area contributed by atoms with Crippen molar-refractivity contribution in [3.8, 4) is 0 Å². The minimum absolute atomic E-state index is 0.349. The summed E-state index contributed by atoms with van der Waals surface area (Å²) in [5.74, 6) is -0.349. The van der Waals surface area contributed by atoms with Gasteiger partial charge in [-0.25, -0.2) is 4.79 Å². The van der Waals surface area contributed by atoms with E-state index >= 15 is 0 Å². The molecule has 0 aliphatic carbocycles. The highest BCUT2D eigenvalue weighted by Gasteiger charge is 2.08. The van der Waals surface area contributed by atoms with Gasteiger partial charge >= 0.3 is 5.97 Å². The first-order valence-electron chi connectivity index (χ1n) is 5.29. The molecule has 0 radical (unpaired) electrons. The van der Waals surface area contributed by atoms with Crippen LogP contribution in [0.1, 0.15) is 10.4 Å². The van der Waals surface area contributed by atoms with Crippen molar-refractivity contribution in [3.63, 3.8) is 0 Å². The van der Waals surface area contributed by atoms with Gasteiger partial charge in [0.1, 0.15) is 0 Å². The summed E-state index contributed by atoms with van der Waals surface area (Å²) < 4.78 is 11.5. The predicted molar refractivity (Wildman–Crippen MR) is 62.9 cm³/mol. The summed E-state index contributed by atoms with van der Waals surface area (Å²) in [7, 11) is 3.02. The first-order chi connectivity index (χ1) is 8.24. The number of aromatic nitrogens is 2. The summed E-state index contributed by atoms with van der Waals surface area (Å²) in [5, 5.41) is 5.35. The average molecular weight is 234 g/mol. The van der Waals surface area contributed by atoms with E-state index in [1.807, 2.05) is 12.3 Å². The zero-order valence-corrected chi connectivity index (χ0v) is 9.84. The summed E-state index contributed by atoms with van der Waals surface area (Å²) in [6.45, 7) is 1.30. The number of hydrogen-bond acceptors (Lipinski definition) is 4. The molecule has 90 valence electrons. The zero-order chi connectivity index (χ0) is 12.3. The summed E-state index contributed by atoms with van der Waals surface area (Å²) in [4.78, 5) is 11.4. The number of rotatable bonds is 4. The van der Waals surface area contributed by atoms with Crippen LogP contribution in [0.5, 0.6) is 0 Å². The normalized spacial score (nSPS) is 10.7. The Kier molecular flexibility index (Phi) is 3.39. The molecule has 1 heterocycles. The molecule has 0 unspecified atom stereocenters. The molecule has 0 fully saturated rings. The lowest BCUT2D eigenvalue weighted by molar-refractivity contribution is 0.0601.